The van der Waals surface area contributed by atoms with Crippen LogP contribution in [-0.2, 0) is 17.9 Å². The van der Waals surface area contributed by atoms with Crippen molar-refractivity contribution in [1.82, 2.24) is 19.4 Å². The third-order valence-electron chi connectivity index (χ3n) is 4.23. The van der Waals surface area contributed by atoms with E-state index in [2.05, 4.69) is 9.97 Å². The summed E-state index contributed by atoms with van der Waals surface area (Å²) < 4.78 is 15.7. The molecule has 0 spiro atoms. The van der Waals surface area contributed by atoms with Crippen LogP contribution in [0.25, 0.3) is 21.1 Å². The van der Waals surface area contributed by atoms with Crippen LogP contribution in [0.3, 0.4) is 0 Å². The van der Waals surface area contributed by atoms with Crippen LogP contribution in [0, 0.1) is 5.82 Å². The van der Waals surface area contributed by atoms with Gasteiger partial charge in [-0.1, -0.05) is 12.1 Å². The molecule has 0 aliphatic heterocycles. The fourth-order valence-electron chi connectivity index (χ4n) is 2.79. The van der Waals surface area contributed by atoms with Crippen LogP contribution in [0.2, 0.25) is 0 Å². The van der Waals surface area contributed by atoms with Gasteiger partial charge < -0.3 is 4.90 Å². The Morgan fingerprint density at radius 3 is 2.85 bits per heavy atom. The molecule has 8 heteroatoms. The summed E-state index contributed by atoms with van der Waals surface area (Å²) in [4.78, 5) is 35.2. The molecule has 0 fully saturated rings. The summed E-state index contributed by atoms with van der Waals surface area (Å²) in [5, 5.41) is 0.970. The number of carbonyl (C=O) groups excluding carboxylic acids is 1. The maximum atomic E-state index is 13.4. The van der Waals surface area contributed by atoms with Crippen molar-refractivity contribution in [1.29, 1.82) is 0 Å². The molecule has 0 saturated heterocycles. The largest absolute Gasteiger partial charge is 0.337 e. The van der Waals surface area contributed by atoms with Crippen molar-refractivity contribution in [2.24, 2.45) is 0 Å². The van der Waals surface area contributed by atoms with Gasteiger partial charge in [0.2, 0.25) is 5.91 Å². The Morgan fingerprint density at radius 1 is 1.22 bits per heavy atom. The van der Waals surface area contributed by atoms with E-state index in [1.807, 2.05) is 24.3 Å². The van der Waals surface area contributed by atoms with E-state index >= 15 is 0 Å². The number of halogens is 1. The lowest BCUT2D eigenvalue weighted by Crippen LogP contribution is -2.33. The zero-order chi connectivity index (χ0) is 19.0. The number of aromatic nitrogens is 3. The molecular formula is C19H15FN4O2S. The zero-order valence-corrected chi connectivity index (χ0v) is 15.2. The first-order valence-electron chi connectivity index (χ1n) is 8.24. The van der Waals surface area contributed by atoms with Gasteiger partial charge in [0.15, 0.2) is 0 Å². The van der Waals surface area contributed by atoms with Gasteiger partial charge in [0.25, 0.3) is 5.56 Å². The number of hydrogen-bond acceptors (Lipinski definition) is 5. The molecule has 6 nitrogen and oxygen atoms in total. The second-order valence-corrected chi connectivity index (χ2v) is 7.28. The summed E-state index contributed by atoms with van der Waals surface area (Å²) in [6, 6.07) is 11.6. The third-order valence-corrected chi connectivity index (χ3v) is 5.25. The molecule has 136 valence electrons. The van der Waals surface area contributed by atoms with Crippen molar-refractivity contribution in [3.63, 3.8) is 0 Å². The summed E-state index contributed by atoms with van der Waals surface area (Å²) >= 11 is 1.53. The fraction of sp³-hybridized carbons (Fsp3) is 0.158. The highest BCUT2D eigenvalue weighted by atomic mass is 32.1. The predicted octanol–water partition coefficient (Wildman–Crippen LogP) is 2.80. The van der Waals surface area contributed by atoms with Crippen LogP contribution < -0.4 is 5.56 Å². The Hall–Kier alpha value is -3.13. The maximum absolute atomic E-state index is 13.4. The van der Waals surface area contributed by atoms with Gasteiger partial charge in [-0.25, -0.2) is 14.4 Å². The molecule has 0 bridgehead atoms. The van der Waals surface area contributed by atoms with Gasteiger partial charge in [-0.3, -0.25) is 14.2 Å². The van der Waals surface area contributed by atoms with E-state index in [-0.39, 0.29) is 17.8 Å². The molecule has 0 aliphatic rings. The predicted molar refractivity (Wildman–Crippen MR) is 102 cm³/mol. The molecule has 4 rings (SSSR count). The summed E-state index contributed by atoms with van der Waals surface area (Å²) in [5.41, 5.74) is 0.851. The average Bonchev–Trinajstić information content (AvgIpc) is 3.06. The monoisotopic (exact) mass is 382 g/mol. The number of fused-ring (bicyclic) bond motifs is 2. The second kappa shape index (κ2) is 6.88. The first-order chi connectivity index (χ1) is 13.0. The van der Waals surface area contributed by atoms with Gasteiger partial charge in [-0.05, 0) is 30.3 Å². The van der Waals surface area contributed by atoms with Crippen LogP contribution in [0.15, 0.2) is 53.6 Å². The Labute approximate surface area is 157 Å². The van der Waals surface area contributed by atoms with Crippen LogP contribution in [0.4, 0.5) is 4.39 Å². The van der Waals surface area contributed by atoms with E-state index in [4.69, 9.17) is 0 Å². The molecule has 2 heterocycles. The fourth-order valence-corrected chi connectivity index (χ4v) is 3.81. The highest BCUT2D eigenvalue weighted by Gasteiger charge is 2.15. The summed E-state index contributed by atoms with van der Waals surface area (Å²) in [5.74, 6) is -0.771. The number of rotatable bonds is 4. The van der Waals surface area contributed by atoms with Gasteiger partial charge in [0.1, 0.15) is 17.4 Å². The molecular weight excluding hydrogens is 367 g/mol. The Bertz CT molecular complexity index is 1180. The number of nitrogens with zero attached hydrogens (tertiary/aromatic N) is 4. The average molecular weight is 382 g/mol. The normalized spacial score (nSPS) is 11.2. The minimum Gasteiger partial charge on any atom is -0.337 e. The van der Waals surface area contributed by atoms with Gasteiger partial charge in [-0.2, -0.15) is 0 Å². The van der Waals surface area contributed by atoms with Gasteiger partial charge in [-0.15, -0.1) is 11.3 Å². The van der Waals surface area contributed by atoms with Crippen molar-refractivity contribution in [2.45, 2.75) is 13.1 Å². The van der Waals surface area contributed by atoms with Crippen LogP contribution in [0.1, 0.15) is 5.01 Å². The number of amides is 1. The smallest absolute Gasteiger partial charge is 0.261 e. The molecule has 27 heavy (non-hydrogen) atoms. The zero-order valence-electron chi connectivity index (χ0n) is 14.4. The summed E-state index contributed by atoms with van der Waals surface area (Å²) in [6.45, 7) is 0.183. The van der Waals surface area contributed by atoms with Crippen molar-refractivity contribution < 1.29 is 9.18 Å². The lowest BCUT2D eigenvalue weighted by Gasteiger charge is -2.16. The molecule has 0 unspecified atom stereocenters. The topological polar surface area (TPSA) is 68.1 Å². The molecule has 0 saturated carbocycles. The van der Waals surface area contributed by atoms with Crippen molar-refractivity contribution >= 4 is 38.4 Å². The lowest BCUT2D eigenvalue weighted by atomic mass is 10.2. The first kappa shape index (κ1) is 17.3. The Kier molecular flexibility index (Phi) is 4.41. The summed E-state index contributed by atoms with van der Waals surface area (Å²) in [7, 11) is 1.66. The van der Waals surface area contributed by atoms with Crippen LogP contribution in [-0.4, -0.2) is 32.4 Å². The number of benzene rings is 2. The molecule has 4 aromatic rings. The van der Waals surface area contributed by atoms with Crippen molar-refractivity contribution in [3.05, 3.63) is 70.0 Å². The molecule has 1 amide bonds. The third kappa shape index (κ3) is 3.43. The van der Waals surface area contributed by atoms with E-state index in [1.54, 1.807) is 7.05 Å². The van der Waals surface area contributed by atoms with Crippen LogP contribution in [0.5, 0.6) is 0 Å². The molecule has 2 aromatic heterocycles. The minimum absolute atomic E-state index is 0.152. The number of thiazole rings is 1. The number of carbonyl (C=O) groups is 1. The van der Waals surface area contributed by atoms with Crippen molar-refractivity contribution in [3.8, 4) is 0 Å². The molecule has 0 radical (unpaired) electrons. The first-order valence-corrected chi connectivity index (χ1v) is 9.06. The molecule has 0 N–H and O–H groups in total. The lowest BCUT2D eigenvalue weighted by molar-refractivity contribution is -0.131. The van der Waals surface area contributed by atoms with Gasteiger partial charge >= 0.3 is 0 Å². The van der Waals surface area contributed by atoms with Gasteiger partial charge in [0, 0.05) is 7.05 Å². The Balaban J connectivity index is 1.53. The number of para-hydroxylation sites is 1. The van der Waals surface area contributed by atoms with Gasteiger partial charge in [0.05, 0.1) is 34.0 Å². The maximum Gasteiger partial charge on any atom is 0.261 e. The quantitative estimate of drug-likeness (QED) is 0.544. The highest BCUT2D eigenvalue weighted by Crippen LogP contribution is 2.22. The van der Waals surface area contributed by atoms with E-state index in [9.17, 15) is 14.0 Å². The second-order valence-electron chi connectivity index (χ2n) is 6.16. The highest BCUT2D eigenvalue weighted by molar-refractivity contribution is 7.18. The minimum atomic E-state index is -0.515. The number of hydrogen-bond donors (Lipinski definition) is 0. The summed E-state index contributed by atoms with van der Waals surface area (Å²) in [6.07, 6.45) is 1.31. The van der Waals surface area contributed by atoms with E-state index < -0.39 is 11.4 Å². The van der Waals surface area contributed by atoms with E-state index in [1.165, 1.54) is 39.3 Å². The van der Waals surface area contributed by atoms with Crippen molar-refractivity contribution in [2.75, 3.05) is 7.05 Å². The van der Waals surface area contributed by atoms with E-state index in [0.29, 0.717) is 12.1 Å². The SMILES string of the molecule is CN(Cc1nc2ccccc2s1)C(=O)Cn1cnc2ccc(F)cc2c1=O. The molecule has 2 aromatic carbocycles. The van der Waals surface area contributed by atoms with Crippen LogP contribution >= 0.6 is 11.3 Å². The molecule has 0 atom stereocenters. The number of likely N-dealkylation sites (N-methyl/N-ethyl adjacent to an activating group) is 1. The Morgan fingerprint density at radius 2 is 2.04 bits per heavy atom. The standard InChI is InChI=1S/C19H15FN4O2S/c1-23(9-17-22-15-4-2-3-5-16(15)27-17)18(25)10-24-11-21-14-7-6-12(20)8-13(14)19(24)26/h2-8,11H,9-10H2,1H3. The molecule has 0 aliphatic carbocycles. The van der Waals surface area contributed by atoms with E-state index in [0.717, 1.165) is 21.3 Å².